The lowest BCUT2D eigenvalue weighted by atomic mass is 9.92. The van der Waals surface area contributed by atoms with Gasteiger partial charge >= 0.3 is 0 Å². The van der Waals surface area contributed by atoms with E-state index in [4.69, 9.17) is 0 Å². The predicted octanol–water partition coefficient (Wildman–Crippen LogP) is 2.59. The molecule has 7 nitrogen and oxygen atoms in total. The molecule has 4 heterocycles. The number of hydrogen-bond acceptors (Lipinski definition) is 6. The molecule has 3 aromatic heterocycles. The Balaban J connectivity index is 0.00000150. The normalized spacial score (nSPS) is 20.0. The number of rotatable bonds is 4. The summed E-state index contributed by atoms with van der Waals surface area (Å²) in [6, 6.07) is 6.66. The first-order chi connectivity index (χ1) is 13.0. The first-order valence-electron chi connectivity index (χ1n) is 9.16. The minimum absolute atomic E-state index is 0. The van der Waals surface area contributed by atoms with Gasteiger partial charge in [-0.1, -0.05) is 6.92 Å². The molecule has 0 aromatic carbocycles. The van der Waals surface area contributed by atoms with Crippen LogP contribution < -0.4 is 10.2 Å². The van der Waals surface area contributed by atoms with E-state index in [9.17, 15) is 9.50 Å². The van der Waals surface area contributed by atoms with Gasteiger partial charge in [0, 0.05) is 34.1 Å². The highest BCUT2D eigenvalue weighted by Gasteiger charge is 2.34. The van der Waals surface area contributed by atoms with Gasteiger partial charge in [0.25, 0.3) is 0 Å². The summed E-state index contributed by atoms with van der Waals surface area (Å²) in [4.78, 5) is 10.8. The molecular formula is C19H27FN6O. The van der Waals surface area contributed by atoms with Gasteiger partial charge in [-0.15, -0.1) is 0 Å². The van der Waals surface area contributed by atoms with E-state index in [0.717, 1.165) is 18.5 Å². The van der Waals surface area contributed by atoms with Crippen LogP contribution in [0.25, 0.3) is 22.4 Å². The average molecular weight is 374 g/mol. The molecule has 0 radical (unpaired) electrons. The zero-order valence-corrected chi connectivity index (χ0v) is 15.4. The third kappa shape index (κ3) is 3.26. The van der Waals surface area contributed by atoms with E-state index in [1.54, 1.807) is 18.3 Å². The Labute approximate surface area is 159 Å². The molecule has 8 heteroatoms. The van der Waals surface area contributed by atoms with Gasteiger partial charge in [0.1, 0.15) is 11.5 Å². The topological polar surface area (TPSA) is 90.0 Å². The van der Waals surface area contributed by atoms with Crippen molar-refractivity contribution in [3.05, 3.63) is 36.3 Å². The summed E-state index contributed by atoms with van der Waals surface area (Å²) < 4.78 is 14.5. The highest BCUT2D eigenvalue weighted by molar-refractivity contribution is 5.89. The molecule has 146 valence electrons. The number of piperazine rings is 1. The van der Waals surface area contributed by atoms with E-state index in [0.29, 0.717) is 30.1 Å². The van der Waals surface area contributed by atoms with Crippen LogP contribution in [0.5, 0.6) is 0 Å². The van der Waals surface area contributed by atoms with Gasteiger partial charge in [0.05, 0.1) is 17.3 Å². The van der Waals surface area contributed by atoms with E-state index in [2.05, 4.69) is 30.4 Å². The summed E-state index contributed by atoms with van der Waals surface area (Å²) in [5.74, 6) is 0.261. The number of H-pyrrole nitrogens is 1. The predicted molar refractivity (Wildman–Crippen MR) is 106 cm³/mol. The number of fused-ring (bicyclic) bond motifs is 1. The van der Waals surface area contributed by atoms with Crippen molar-refractivity contribution in [2.75, 3.05) is 24.5 Å². The zero-order chi connectivity index (χ0) is 19.0. The maximum absolute atomic E-state index is 14.5. The third-order valence-electron chi connectivity index (χ3n) is 5.36. The number of aromatic nitrogens is 4. The van der Waals surface area contributed by atoms with Crippen LogP contribution in [-0.2, 0) is 0 Å². The number of hydrogen-bond donors (Lipinski definition) is 3. The van der Waals surface area contributed by atoms with Crippen LogP contribution in [0.2, 0.25) is 0 Å². The van der Waals surface area contributed by atoms with Gasteiger partial charge in [-0.25, -0.2) is 14.4 Å². The minimum atomic E-state index is -0.813. The van der Waals surface area contributed by atoms with Gasteiger partial charge < -0.3 is 15.3 Å². The van der Waals surface area contributed by atoms with Crippen LogP contribution in [0.15, 0.2) is 30.5 Å². The summed E-state index contributed by atoms with van der Waals surface area (Å²) in [6.07, 6.45) is 2.29. The quantitative estimate of drug-likeness (QED) is 0.650. The number of halogens is 1. The van der Waals surface area contributed by atoms with E-state index >= 15 is 0 Å². The number of aromatic amines is 1. The molecule has 1 aliphatic rings. The Morgan fingerprint density at radius 2 is 2.26 bits per heavy atom. The van der Waals surface area contributed by atoms with Crippen molar-refractivity contribution in [1.29, 1.82) is 0 Å². The van der Waals surface area contributed by atoms with E-state index < -0.39 is 11.4 Å². The van der Waals surface area contributed by atoms with Crippen LogP contribution in [0.3, 0.4) is 0 Å². The molecule has 4 rings (SSSR count). The molecule has 3 N–H and O–H groups in total. The van der Waals surface area contributed by atoms with Gasteiger partial charge in [0.15, 0.2) is 11.5 Å². The summed E-state index contributed by atoms with van der Waals surface area (Å²) >= 11 is 0. The van der Waals surface area contributed by atoms with Gasteiger partial charge in [-0.3, -0.25) is 5.10 Å². The molecule has 2 atom stereocenters. The second-order valence-corrected chi connectivity index (χ2v) is 7.14. The van der Waals surface area contributed by atoms with E-state index in [-0.39, 0.29) is 14.6 Å². The number of nitrogens with zero attached hydrogens (tertiary/aromatic N) is 4. The summed E-state index contributed by atoms with van der Waals surface area (Å²) in [5, 5.41) is 21.7. The number of nitrogens with one attached hydrogen (secondary N) is 2. The highest BCUT2D eigenvalue weighted by atomic mass is 19.1. The molecule has 1 saturated heterocycles. The number of aliphatic hydroxyl groups is 1. The van der Waals surface area contributed by atoms with Crippen LogP contribution in [-0.4, -0.2) is 56.5 Å². The largest absolute Gasteiger partial charge is 0.388 e. The summed E-state index contributed by atoms with van der Waals surface area (Å²) in [6.45, 7) is 5.86. The Hall–Kier alpha value is -2.58. The minimum Gasteiger partial charge on any atom is -0.388 e. The Morgan fingerprint density at radius 3 is 3.07 bits per heavy atom. The molecule has 27 heavy (non-hydrogen) atoms. The van der Waals surface area contributed by atoms with E-state index in [1.807, 2.05) is 19.9 Å². The first kappa shape index (κ1) is 17.8. The molecular weight excluding hydrogens is 347 g/mol. The maximum Gasteiger partial charge on any atom is 0.181 e. The molecule has 0 spiro atoms. The maximum atomic E-state index is 14.5. The SMILES string of the molecule is CCC(C)(O)C1CN(c2ccc(F)c(-c3[nH]nc4ncccc34)n2)CCN1.[HH].[HH]. The van der Waals surface area contributed by atoms with Gasteiger partial charge in [-0.05, 0) is 37.6 Å². The molecule has 0 aliphatic carbocycles. The number of pyridine rings is 2. The van der Waals surface area contributed by atoms with Crippen molar-refractivity contribution in [3.63, 3.8) is 0 Å². The molecule has 0 bridgehead atoms. The molecule has 3 aromatic rings. The average Bonchev–Trinajstić information content (AvgIpc) is 3.12. The van der Waals surface area contributed by atoms with Crippen LogP contribution in [0.4, 0.5) is 10.2 Å². The second kappa shape index (κ2) is 6.86. The fourth-order valence-electron chi connectivity index (χ4n) is 3.44. The Morgan fingerprint density at radius 1 is 1.41 bits per heavy atom. The number of anilines is 1. The van der Waals surface area contributed by atoms with Gasteiger partial charge in [-0.2, -0.15) is 5.10 Å². The summed E-state index contributed by atoms with van der Waals surface area (Å²) in [7, 11) is 0. The van der Waals surface area contributed by atoms with Gasteiger partial charge in [0.2, 0.25) is 0 Å². The first-order valence-corrected chi connectivity index (χ1v) is 9.16. The molecule has 2 unspecified atom stereocenters. The van der Waals surface area contributed by atoms with Crippen molar-refractivity contribution in [2.24, 2.45) is 0 Å². The van der Waals surface area contributed by atoms with Crippen molar-refractivity contribution < 1.29 is 12.4 Å². The lowest BCUT2D eigenvalue weighted by Gasteiger charge is -2.41. The molecule has 1 aliphatic heterocycles. The van der Waals surface area contributed by atoms with Crippen LogP contribution in [0.1, 0.15) is 23.1 Å². The van der Waals surface area contributed by atoms with Crippen molar-refractivity contribution >= 4 is 16.9 Å². The van der Waals surface area contributed by atoms with Crippen molar-refractivity contribution in [3.8, 4) is 11.4 Å². The molecule has 1 fully saturated rings. The smallest absolute Gasteiger partial charge is 0.181 e. The second-order valence-electron chi connectivity index (χ2n) is 7.14. The van der Waals surface area contributed by atoms with Crippen molar-refractivity contribution in [1.82, 2.24) is 25.5 Å². The monoisotopic (exact) mass is 374 g/mol. The highest BCUT2D eigenvalue weighted by Crippen LogP contribution is 2.28. The van der Waals surface area contributed by atoms with Crippen LogP contribution in [0, 0.1) is 5.82 Å². The fourth-order valence-corrected chi connectivity index (χ4v) is 3.44. The standard InChI is InChI=1S/C19H23FN6O.2H2/c1-3-19(2,27)14-11-26(10-9-21-14)15-7-6-13(20)17(23-15)16-12-5-4-8-22-18(12)25-24-16;;/h4-8,14,21,27H,3,9-11H2,1-2H3,(H,22,24,25);2*1H. The van der Waals surface area contributed by atoms with Crippen LogP contribution >= 0.6 is 0 Å². The zero-order valence-electron chi connectivity index (χ0n) is 15.4. The summed E-state index contributed by atoms with van der Waals surface area (Å²) in [5.41, 5.74) is 0.456. The Bertz CT molecular complexity index is 967. The van der Waals surface area contributed by atoms with E-state index in [1.165, 1.54) is 6.07 Å². The lowest BCUT2D eigenvalue weighted by Crippen LogP contribution is -2.60. The van der Waals surface area contributed by atoms with Crippen molar-refractivity contribution in [2.45, 2.75) is 31.9 Å². The third-order valence-corrected chi connectivity index (χ3v) is 5.36. The lowest BCUT2D eigenvalue weighted by molar-refractivity contribution is 0.0145. The molecule has 0 saturated carbocycles. The Kier molecular flexibility index (Phi) is 4.53. The fraction of sp³-hybridized carbons (Fsp3) is 0.421. The molecule has 0 amide bonds.